The predicted octanol–water partition coefficient (Wildman–Crippen LogP) is -1.46. The number of likely N-dealkylation sites (tertiary alicyclic amines) is 1. The third-order valence-corrected chi connectivity index (χ3v) is 1.85. The Morgan fingerprint density at radius 3 is 2.80 bits per heavy atom. The Labute approximate surface area is 59.6 Å². The van der Waals surface area contributed by atoms with Gasteiger partial charge in [0, 0.05) is 13.1 Å². The van der Waals surface area contributed by atoms with Gasteiger partial charge in [0.25, 0.3) is 0 Å². The summed E-state index contributed by atoms with van der Waals surface area (Å²) in [5.41, 5.74) is 5.06. The summed E-state index contributed by atoms with van der Waals surface area (Å²) in [6.45, 7) is 1.55. The number of aliphatic hydroxyl groups is 1. The maximum atomic E-state index is 10.6. The number of nitrogens with two attached hydrogens (primary N) is 1. The van der Waals surface area contributed by atoms with Crippen LogP contribution in [0.25, 0.3) is 0 Å². The second kappa shape index (κ2) is 2.98. The lowest BCUT2D eigenvalue weighted by Gasteiger charge is -2.38. The molecule has 0 bridgehead atoms. The minimum Gasteiger partial charge on any atom is -0.395 e. The van der Waals surface area contributed by atoms with Crippen molar-refractivity contribution < 1.29 is 9.90 Å². The van der Waals surface area contributed by atoms with Crippen LogP contribution in [-0.4, -0.2) is 41.7 Å². The van der Waals surface area contributed by atoms with Crippen molar-refractivity contribution in [1.82, 2.24) is 4.90 Å². The van der Waals surface area contributed by atoms with Gasteiger partial charge in [-0.1, -0.05) is 0 Å². The number of carbonyl (C=O) groups is 1. The van der Waals surface area contributed by atoms with Crippen molar-refractivity contribution in [2.45, 2.75) is 12.5 Å². The maximum absolute atomic E-state index is 10.6. The average molecular weight is 144 g/mol. The van der Waals surface area contributed by atoms with E-state index in [-0.39, 0.29) is 18.6 Å². The number of rotatable bonds is 3. The number of nitrogens with zero attached hydrogens (tertiary/aromatic N) is 1. The Morgan fingerprint density at radius 1 is 1.80 bits per heavy atom. The van der Waals surface area contributed by atoms with Crippen LogP contribution in [0, 0.1) is 0 Å². The van der Waals surface area contributed by atoms with Crippen LogP contribution in [0.5, 0.6) is 0 Å². The topological polar surface area (TPSA) is 66.6 Å². The SMILES string of the molecule is NC(=O)C1CCN1CCO. The van der Waals surface area contributed by atoms with E-state index in [4.69, 9.17) is 10.8 Å². The number of aliphatic hydroxyl groups excluding tert-OH is 1. The molecule has 1 aliphatic heterocycles. The minimum atomic E-state index is -0.278. The Balaban J connectivity index is 2.28. The van der Waals surface area contributed by atoms with E-state index < -0.39 is 0 Å². The molecule has 4 heteroatoms. The molecular weight excluding hydrogens is 132 g/mol. The van der Waals surface area contributed by atoms with Crippen LogP contribution in [0.15, 0.2) is 0 Å². The third kappa shape index (κ3) is 1.27. The summed E-state index contributed by atoms with van der Waals surface area (Å²) < 4.78 is 0. The highest BCUT2D eigenvalue weighted by molar-refractivity contribution is 5.80. The van der Waals surface area contributed by atoms with E-state index in [1.165, 1.54) is 0 Å². The highest BCUT2D eigenvalue weighted by atomic mass is 16.3. The van der Waals surface area contributed by atoms with Crippen LogP contribution in [0.3, 0.4) is 0 Å². The zero-order valence-electron chi connectivity index (χ0n) is 5.79. The summed E-state index contributed by atoms with van der Waals surface area (Å²) in [7, 11) is 0. The first-order chi connectivity index (χ1) is 4.75. The summed E-state index contributed by atoms with van der Waals surface area (Å²) in [4.78, 5) is 12.4. The van der Waals surface area contributed by atoms with Crippen molar-refractivity contribution in [3.8, 4) is 0 Å². The van der Waals surface area contributed by atoms with Crippen LogP contribution in [-0.2, 0) is 4.79 Å². The number of primary amides is 1. The van der Waals surface area contributed by atoms with E-state index in [2.05, 4.69) is 0 Å². The lowest BCUT2D eigenvalue weighted by atomic mass is 10.0. The monoisotopic (exact) mass is 144 g/mol. The summed E-state index contributed by atoms with van der Waals surface area (Å²) in [5.74, 6) is -0.278. The van der Waals surface area contributed by atoms with Gasteiger partial charge in [-0.2, -0.15) is 0 Å². The minimum absolute atomic E-state index is 0.101. The van der Waals surface area contributed by atoms with E-state index in [1.54, 1.807) is 0 Å². The highest BCUT2D eigenvalue weighted by Gasteiger charge is 2.31. The molecule has 1 aliphatic rings. The fourth-order valence-corrected chi connectivity index (χ4v) is 1.16. The smallest absolute Gasteiger partial charge is 0.234 e. The summed E-state index contributed by atoms with van der Waals surface area (Å²) >= 11 is 0. The summed E-state index contributed by atoms with van der Waals surface area (Å²) in [5, 5.41) is 8.51. The molecule has 0 radical (unpaired) electrons. The molecule has 4 nitrogen and oxygen atoms in total. The molecule has 0 saturated carbocycles. The van der Waals surface area contributed by atoms with Crippen molar-refractivity contribution in [3.05, 3.63) is 0 Å². The molecule has 1 fully saturated rings. The first-order valence-corrected chi connectivity index (χ1v) is 3.40. The molecule has 1 unspecified atom stereocenters. The molecule has 3 N–H and O–H groups in total. The number of β-amino-alcohol motifs (C(OH)–C–C–N with tert-alkyl or cyclic N) is 1. The van der Waals surface area contributed by atoms with Gasteiger partial charge in [-0.15, -0.1) is 0 Å². The first-order valence-electron chi connectivity index (χ1n) is 3.40. The molecule has 1 rings (SSSR count). The van der Waals surface area contributed by atoms with Gasteiger partial charge in [0.2, 0.25) is 5.91 Å². The molecule has 0 spiro atoms. The Morgan fingerprint density at radius 2 is 2.50 bits per heavy atom. The molecule has 10 heavy (non-hydrogen) atoms. The Bertz CT molecular complexity index is 138. The second-order valence-electron chi connectivity index (χ2n) is 2.47. The normalized spacial score (nSPS) is 25.9. The van der Waals surface area contributed by atoms with Gasteiger partial charge in [0.1, 0.15) is 0 Å². The number of amides is 1. The van der Waals surface area contributed by atoms with E-state index >= 15 is 0 Å². The number of hydrogen-bond donors (Lipinski definition) is 2. The van der Waals surface area contributed by atoms with Crippen LogP contribution in [0.2, 0.25) is 0 Å². The molecule has 58 valence electrons. The summed E-state index contributed by atoms with van der Waals surface area (Å²) in [6.07, 6.45) is 0.843. The van der Waals surface area contributed by atoms with E-state index in [0.29, 0.717) is 6.54 Å². The fraction of sp³-hybridized carbons (Fsp3) is 0.833. The predicted molar refractivity (Wildman–Crippen MR) is 36.3 cm³/mol. The van der Waals surface area contributed by atoms with Gasteiger partial charge >= 0.3 is 0 Å². The summed E-state index contributed by atoms with van der Waals surface area (Å²) in [6, 6.07) is -0.118. The maximum Gasteiger partial charge on any atom is 0.234 e. The first kappa shape index (κ1) is 7.50. The standard InChI is InChI=1S/C6H12N2O2/c7-6(10)5-1-2-8(5)3-4-9/h5,9H,1-4H2,(H2,7,10). The largest absolute Gasteiger partial charge is 0.395 e. The lowest BCUT2D eigenvalue weighted by Crippen LogP contribution is -2.55. The zero-order chi connectivity index (χ0) is 7.56. The van der Waals surface area contributed by atoms with Crippen molar-refractivity contribution in [2.75, 3.05) is 19.7 Å². The van der Waals surface area contributed by atoms with Crippen LogP contribution in [0.1, 0.15) is 6.42 Å². The Kier molecular flexibility index (Phi) is 2.24. The van der Waals surface area contributed by atoms with E-state index in [0.717, 1.165) is 13.0 Å². The van der Waals surface area contributed by atoms with Crippen LogP contribution < -0.4 is 5.73 Å². The van der Waals surface area contributed by atoms with Gasteiger partial charge in [-0.25, -0.2) is 0 Å². The molecular formula is C6H12N2O2. The quantitative estimate of drug-likeness (QED) is 0.508. The van der Waals surface area contributed by atoms with Gasteiger partial charge in [-0.3, -0.25) is 9.69 Å². The molecule has 0 aromatic rings. The number of carbonyl (C=O) groups excluding carboxylic acids is 1. The van der Waals surface area contributed by atoms with Gasteiger partial charge < -0.3 is 10.8 Å². The van der Waals surface area contributed by atoms with Gasteiger partial charge in [0.05, 0.1) is 12.6 Å². The molecule has 0 aromatic carbocycles. The fourth-order valence-electron chi connectivity index (χ4n) is 1.16. The molecule has 0 aromatic heterocycles. The van der Waals surface area contributed by atoms with Crippen molar-refractivity contribution in [3.63, 3.8) is 0 Å². The van der Waals surface area contributed by atoms with E-state index in [9.17, 15) is 4.79 Å². The van der Waals surface area contributed by atoms with Crippen molar-refractivity contribution in [1.29, 1.82) is 0 Å². The number of hydrogen-bond acceptors (Lipinski definition) is 3. The zero-order valence-corrected chi connectivity index (χ0v) is 5.79. The molecule has 1 amide bonds. The van der Waals surface area contributed by atoms with E-state index in [1.807, 2.05) is 4.90 Å². The molecule has 1 saturated heterocycles. The van der Waals surface area contributed by atoms with Crippen molar-refractivity contribution in [2.24, 2.45) is 5.73 Å². The molecule has 1 atom stereocenters. The lowest BCUT2D eigenvalue weighted by molar-refractivity contribution is -0.127. The molecule has 0 aliphatic carbocycles. The Hall–Kier alpha value is -0.610. The molecule has 1 heterocycles. The van der Waals surface area contributed by atoms with Crippen molar-refractivity contribution >= 4 is 5.91 Å². The second-order valence-corrected chi connectivity index (χ2v) is 2.47. The van der Waals surface area contributed by atoms with Gasteiger partial charge in [0.15, 0.2) is 0 Å². The van der Waals surface area contributed by atoms with Crippen LogP contribution in [0.4, 0.5) is 0 Å². The third-order valence-electron chi connectivity index (χ3n) is 1.85. The highest BCUT2D eigenvalue weighted by Crippen LogP contribution is 2.15. The average Bonchev–Trinajstić information content (AvgIpc) is 1.78. The van der Waals surface area contributed by atoms with Gasteiger partial charge in [-0.05, 0) is 6.42 Å². The van der Waals surface area contributed by atoms with Crippen LogP contribution >= 0.6 is 0 Å².